The van der Waals surface area contributed by atoms with Crippen molar-refractivity contribution in [3.05, 3.63) is 72.9 Å². The molecule has 3 N–H and O–H groups in total. The summed E-state index contributed by atoms with van der Waals surface area (Å²) in [6, 6.07) is -1.09. The number of unbranched alkanes of at least 4 members (excludes halogenated alkanes) is 12. The van der Waals surface area contributed by atoms with Crippen molar-refractivity contribution >= 4 is 16.0 Å². The second-order valence-corrected chi connectivity index (χ2v) is 13.3. The summed E-state index contributed by atoms with van der Waals surface area (Å²) < 4.78 is 32.3. The molecule has 45 heavy (non-hydrogen) atoms. The zero-order valence-electron chi connectivity index (χ0n) is 28.5. The highest BCUT2D eigenvalue weighted by Gasteiger charge is 2.24. The predicted molar refractivity (Wildman–Crippen MR) is 193 cm³/mol. The highest BCUT2D eigenvalue weighted by atomic mass is 32.2. The predicted octanol–water partition coefficient (Wildman–Crippen LogP) is 9.90. The lowest BCUT2D eigenvalue weighted by molar-refractivity contribution is -0.122. The van der Waals surface area contributed by atoms with Crippen LogP contribution in [-0.2, 0) is 14.9 Å². The fourth-order valence-electron chi connectivity index (χ4n) is 4.78. The van der Waals surface area contributed by atoms with E-state index in [-0.39, 0.29) is 12.3 Å². The quantitative estimate of drug-likeness (QED) is 0.0409. The molecule has 0 radical (unpaired) electrons. The van der Waals surface area contributed by atoms with Gasteiger partial charge in [-0.25, -0.2) is 0 Å². The first-order valence-electron chi connectivity index (χ1n) is 17.6. The molecule has 0 rings (SSSR count). The maximum absolute atomic E-state index is 12.4. The van der Waals surface area contributed by atoms with Crippen LogP contribution < -0.4 is 5.32 Å². The van der Waals surface area contributed by atoms with Gasteiger partial charge in [0.25, 0.3) is 10.1 Å². The summed E-state index contributed by atoms with van der Waals surface area (Å²) in [6.45, 7) is 4.37. The second kappa shape index (κ2) is 31.7. The Labute approximate surface area is 276 Å². The summed E-state index contributed by atoms with van der Waals surface area (Å²) >= 11 is 0. The van der Waals surface area contributed by atoms with Crippen LogP contribution in [0.5, 0.6) is 0 Å². The molecule has 0 spiro atoms. The van der Waals surface area contributed by atoms with Crippen LogP contribution in [-0.4, -0.2) is 41.9 Å². The lowest BCUT2D eigenvalue weighted by Crippen LogP contribution is -2.46. The molecule has 2 unspecified atom stereocenters. The maximum atomic E-state index is 12.4. The topological polar surface area (TPSA) is 104 Å². The van der Waals surface area contributed by atoms with E-state index in [2.05, 4.69) is 73.8 Å². The number of carbonyl (C=O) groups is 1. The molecule has 0 saturated carbocycles. The molecule has 0 aliphatic carbocycles. The monoisotopic (exact) mass is 647 g/mol. The standard InChI is InChI=1S/C38H65NO5S/c1-3-5-7-9-11-13-15-17-18-19-20-22-24-26-28-30-32-34-38(41)39-36(35-45(42,43)44)37(40)33-31-29-27-25-23-21-16-14-12-10-8-6-4-2/h5,7,11,13,17-18,20,22,26,28,31,33,36-37,40H,3-4,6,8-10,12,14-16,19,21,23-25,27,29-30,32,34-35H2,1-2H3,(H,39,41)(H,42,43,44)/b7-5-,13-11-,18-17-,22-20-,28-26-,33-31+. The fourth-order valence-corrected chi connectivity index (χ4v) is 5.51. The van der Waals surface area contributed by atoms with E-state index in [0.29, 0.717) is 6.42 Å². The average molecular weight is 648 g/mol. The molecule has 258 valence electrons. The van der Waals surface area contributed by atoms with Crippen molar-refractivity contribution < 1.29 is 22.9 Å². The van der Waals surface area contributed by atoms with Gasteiger partial charge in [-0.2, -0.15) is 8.42 Å². The van der Waals surface area contributed by atoms with Gasteiger partial charge in [0.2, 0.25) is 5.91 Å². The van der Waals surface area contributed by atoms with Crippen molar-refractivity contribution in [2.75, 3.05) is 5.75 Å². The summed E-state index contributed by atoms with van der Waals surface area (Å²) in [6.07, 6.45) is 44.5. The summed E-state index contributed by atoms with van der Waals surface area (Å²) in [7, 11) is -4.36. The van der Waals surface area contributed by atoms with Gasteiger partial charge in [-0.1, -0.05) is 151 Å². The number of carbonyl (C=O) groups excluding carboxylic acids is 1. The minimum absolute atomic E-state index is 0.214. The van der Waals surface area contributed by atoms with Gasteiger partial charge in [-0.05, 0) is 57.8 Å². The molecule has 0 aromatic heterocycles. The second-order valence-electron chi connectivity index (χ2n) is 11.8. The van der Waals surface area contributed by atoms with Crippen molar-refractivity contribution in [1.29, 1.82) is 0 Å². The van der Waals surface area contributed by atoms with Crippen molar-refractivity contribution in [3.8, 4) is 0 Å². The largest absolute Gasteiger partial charge is 0.387 e. The molecule has 0 saturated heterocycles. The molecular weight excluding hydrogens is 582 g/mol. The Morgan fingerprint density at radius 1 is 0.622 bits per heavy atom. The number of aliphatic hydroxyl groups is 1. The lowest BCUT2D eigenvalue weighted by atomic mass is 10.0. The van der Waals surface area contributed by atoms with E-state index >= 15 is 0 Å². The Morgan fingerprint density at radius 2 is 1.07 bits per heavy atom. The van der Waals surface area contributed by atoms with Crippen molar-refractivity contribution in [3.63, 3.8) is 0 Å². The normalized spacial score (nSPS) is 14.3. The van der Waals surface area contributed by atoms with E-state index in [0.717, 1.165) is 57.8 Å². The smallest absolute Gasteiger partial charge is 0.267 e. The summed E-state index contributed by atoms with van der Waals surface area (Å²) in [5.74, 6) is -1.06. The summed E-state index contributed by atoms with van der Waals surface area (Å²) in [4.78, 5) is 12.4. The number of allylic oxidation sites excluding steroid dienone is 11. The molecule has 0 bridgehead atoms. The maximum Gasteiger partial charge on any atom is 0.267 e. The third-order valence-corrected chi connectivity index (χ3v) is 8.17. The Balaban J connectivity index is 4.16. The average Bonchev–Trinajstić information content (AvgIpc) is 3.00. The SMILES string of the molecule is CC/C=C\C/C=C\C/C=C\C/C=C\C/C=C\CCCC(=O)NC(CS(=O)(=O)O)C(O)/C=C/CCCCCCCCCCCCC. The molecule has 0 aromatic carbocycles. The van der Waals surface area contributed by atoms with Gasteiger partial charge in [0.05, 0.1) is 17.9 Å². The van der Waals surface area contributed by atoms with Crippen molar-refractivity contribution in [2.24, 2.45) is 0 Å². The van der Waals surface area contributed by atoms with Gasteiger partial charge in [-0.3, -0.25) is 9.35 Å². The van der Waals surface area contributed by atoms with Crippen molar-refractivity contribution in [2.45, 2.75) is 154 Å². The summed E-state index contributed by atoms with van der Waals surface area (Å²) in [5.41, 5.74) is 0. The van der Waals surface area contributed by atoms with E-state index in [4.69, 9.17) is 0 Å². The number of nitrogens with one attached hydrogen (secondary N) is 1. The number of rotatable bonds is 30. The molecule has 0 aromatic rings. The van der Waals surface area contributed by atoms with E-state index in [1.807, 2.05) is 12.2 Å². The Hall–Kier alpha value is -2.22. The van der Waals surface area contributed by atoms with Crippen LogP contribution in [0.4, 0.5) is 0 Å². The van der Waals surface area contributed by atoms with Crippen LogP contribution in [0.1, 0.15) is 142 Å². The lowest BCUT2D eigenvalue weighted by Gasteiger charge is -2.21. The van der Waals surface area contributed by atoms with E-state index in [1.165, 1.54) is 63.9 Å². The van der Waals surface area contributed by atoms with Crippen LogP contribution in [0, 0.1) is 0 Å². The first-order valence-corrected chi connectivity index (χ1v) is 19.2. The number of hydrogen-bond acceptors (Lipinski definition) is 4. The highest BCUT2D eigenvalue weighted by molar-refractivity contribution is 7.85. The molecule has 0 heterocycles. The zero-order chi connectivity index (χ0) is 33.3. The number of amides is 1. The van der Waals surface area contributed by atoms with Crippen LogP contribution >= 0.6 is 0 Å². The zero-order valence-corrected chi connectivity index (χ0v) is 29.3. The molecule has 0 aliphatic rings. The fraction of sp³-hybridized carbons (Fsp3) is 0.658. The van der Waals surface area contributed by atoms with Crippen molar-refractivity contribution in [1.82, 2.24) is 5.32 Å². The van der Waals surface area contributed by atoms with E-state index < -0.39 is 28.0 Å². The van der Waals surface area contributed by atoms with Crippen LogP contribution in [0.2, 0.25) is 0 Å². The first-order chi connectivity index (χ1) is 21.8. The van der Waals surface area contributed by atoms with Crippen LogP contribution in [0.15, 0.2) is 72.9 Å². The Morgan fingerprint density at radius 3 is 1.56 bits per heavy atom. The molecule has 1 amide bonds. The molecule has 2 atom stereocenters. The number of aliphatic hydroxyl groups excluding tert-OH is 1. The molecule has 0 fully saturated rings. The van der Waals surface area contributed by atoms with Gasteiger partial charge >= 0.3 is 0 Å². The molecule has 7 heteroatoms. The van der Waals surface area contributed by atoms with Crippen LogP contribution in [0.25, 0.3) is 0 Å². The molecule has 6 nitrogen and oxygen atoms in total. The Kier molecular flexibility index (Phi) is 30.2. The van der Waals surface area contributed by atoms with Gasteiger partial charge < -0.3 is 10.4 Å². The van der Waals surface area contributed by atoms with E-state index in [9.17, 15) is 22.9 Å². The van der Waals surface area contributed by atoms with Crippen LogP contribution in [0.3, 0.4) is 0 Å². The molecular formula is C38H65NO5S. The third-order valence-electron chi connectivity index (χ3n) is 7.39. The van der Waals surface area contributed by atoms with Gasteiger partial charge in [0, 0.05) is 6.42 Å². The summed E-state index contributed by atoms with van der Waals surface area (Å²) in [5, 5.41) is 13.1. The third kappa shape index (κ3) is 33.0. The molecule has 0 aliphatic heterocycles. The number of hydrogen-bond donors (Lipinski definition) is 3. The van der Waals surface area contributed by atoms with E-state index in [1.54, 1.807) is 0 Å². The van der Waals surface area contributed by atoms with Gasteiger partial charge in [-0.15, -0.1) is 0 Å². The van der Waals surface area contributed by atoms with Gasteiger partial charge in [0.15, 0.2) is 0 Å². The minimum Gasteiger partial charge on any atom is -0.387 e. The minimum atomic E-state index is -4.36. The Bertz CT molecular complexity index is 978. The first kappa shape index (κ1) is 42.8. The highest BCUT2D eigenvalue weighted by Crippen LogP contribution is 2.12. The van der Waals surface area contributed by atoms with Gasteiger partial charge in [0.1, 0.15) is 0 Å².